The van der Waals surface area contributed by atoms with Crippen LogP contribution in [0, 0.1) is 0 Å². The minimum absolute atomic E-state index is 0.293. The quantitative estimate of drug-likeness (QED) is 0.246. The van der Waals surface area contributed by atoms with Crippen LogP contribution in [0.2, 0.25) is 0 Å². The summed E-state index contributed by atoms with van der Waals surface area (Å²) in [6.45, 7) is 6.26. The molecule has 6 nitrogen and oxygen atoms in total. The molecule has 0 spiro atoms. The molecule has 0 aliphatic heterocycles. The van der Waals surface area contributed by atoms with Gasteiger partial charge in [0.05, 0.1) is 6.10 Å². The summed E-state index contributed by atoms with van der Waals surface area (Å²) >= 11 is 0. The van der Waals surface area contributed by atoms with E-state index in [1.807, 2.05) is 0 Å². The molecule has 0 aromatic carbocycles. The molecule has 0 amide bonds. The molecular formula is C10H16N2O4. The minimum atomic E-state index is -0.999. The number of hydrogen-bond donors (Lipinski definition) is 1. The Morgan fingerprint density at radius 3 is 2.25 bits per heavy atom. The van der Waals surface area contributed by atoms with Gasteiger partial charge in [0, 0.05) is 6.42 Å². The number of aliphatic hydroxyl groups excluding tert-OH is 1. The van der Waals surface area contributed by atoms with E-state index in [2.05, 4.69) is 4.79 Å². The molecule has 0 radical (unpaired) electrons. The van der Waals surface area contributed by atoms with Gasteiger partial charge in [0.25, 0.3) is 5.78 Å². The molecule has 1 N–H and O–H groups in total. The normalized spacial score (nSPS) is 12.6. The second-order valence-electron chi connectivity index (χ2n) is 4.43. The van der Waals surface area contributed by atoms with Gasteiger partial charge in [-0.15, -0.1) is 0 Å². The van der Waals surface area contributed by atoms with Crippen molar-refractivity contribution in [2.24, 2.45) is 0 Å². The zero-order chi connectivity index (χ0) is 12.9. The van der Waals surface area contributed by atoms with Crippen LogP contribution in [0.25, 0.3) is 5.53 Å². The number of Topliss-reactive ketones (excluding diaryl/α,β-unsaturated/α-hetero) is 1. The van der Waals surface area contributed by atoms with Crippen LogP contribution in [0.4, 0.5) is 0 Å². The zero-order valence-corrected chi connectivity index (χ0v) is 9.85. The third-order valence-corrected chi connectivity index (χ3v) is 1.44. The first-order valence-corrected chi connectivity index (χ1v) is 4.84. The highest BCUT2D eigenvalue weighted by atomic mass is 16.6. The lowest BCUT2D eigenvalue weighted by molar-refractivity contribution is -0.152. The lowest BCUT2D eigenvalue weighted by atomic mass is 10.1. The predicted molar refractivity (Wildman–Crippen MR) is 55.8 cm³/mol. The second-order valence-corrected chi connectivity index (χ2v) is 4.43. The van der Waals surface area contributed by atoms with E-state index in [1.165, 1.54) is 6.92 Å². The Morgan fingerprint density at radius 2 is 1.94 bits per heavy atom. The van der Waals surface area contributed by atoms with Gasteiger partial charge in [0.2, 0.25) is 0 Å². The standard InChI is InChI=1S/C10H16N2O4/c1-6(13)5-7(14)8(12-11)9(15)16-10(2,3)4/h6,13H,5H2,1-4H3. The first-order valence-electron chi connectivity index (χ1n) is 4.84. The fraction of sp³-hybridized carbons (Fsp3) is 0.700. The van der Waals surface area contributed by atoms with Crippen molar-refractivity contribution in [3.05, 3.63) is 5.53 Å². The summed E-state index contributed by atoms with van der Waals surface area (Å²) in [6, 6.07) is 0. The molecule has 1 unspecified atom stereocenters. The van der Waals surface area contributed by atoms with E-state index < -0.39 is 29.2 Å². The van der Waals surface area contributed by atoms with Gasteiger partial charge in [-0.05, 0) is 27.7 Å². The summed E-state index contributed by atoms with van der Waals surface area (Å²) in [5, 5.41) is 8.97. The number of carbonyl (C=O) groups is 2. The maximum atomic E-state index is 11.4. The number of rotatable bonds is 4. The van der Waals surface area contributed by atoms with Gasteiger partial charge in [0.15, 0.2) is 0 Å². The van der Waals surface area contributed by atoms with E-state index in [1.54, 1.807) is 20.8 Å². The number of aliphatic hydroxyl groups is 1. The van der Waals surface area contributed by atoms with E-state index in [0.717, 1.165) is 0 Å². The second kappa shape index (κ2) is 5.53. The van der Waals surface area contributed by atoms with Crippen LogP contribution in [0.1, 0.15) is 34.1 Å². The van der Waals surface area contributed by atoms with Crippen molar-refractivity contribution in [3.63, 3.8) is 0 Å². The first-order chi connectivity index (χ1) is 7.17. The van der Waals surface area contributed by atoms with Gasteiger partial charge in [0.1, 0.15) is 5.60 Å². The van der Waals surface area contributed by atoms with Crippen LogP contribution in [-0.4, -0.2) is 39.1 Å². The van der Waals surface area contributed by atoms with E-state index >= 15 is 0 Å². The van der Waals surface area contributed by atoms with Crippen molar-refractivity contribution in [1.29, 1.82) is 0 Å². The van der Waals surface area contributed by atoms with Crippen LogP contribution >= 0.6 is 0 Å². The molecule has 0 fully saturated rings. The molecule has 0 saturated carbocycles. The third kappa shape index (κ3) is 5.38. The molecule has 6 heteroatoms. The van der Waals surface area contributed by atoms with Crippen molar-refractivity contribution >= 4 is 17.5 Å². The lowest BCUT2D eigenvalue weighted by Crippen LogP contribution is -2.34. The Bertz CT molecular complexity index is 335. The SMILES string of the molecule is CC(O)CC(=O)C(=[N+]=[N-])C(=O)OC(C)(C)C. The van der Waals surface area contributed by atoms with Crippen molar-refractivity contribution in [1.82, 2.24) is 0 Å². The number of ether oxygens (including phenoxy) is 1. The van der Waals surface area contributed by atoms with Crippen molar-refractivity contribution in [3.8, 4) is 0 Å². The highest BCUT2D eigenvalue weighted by Gasteiger charge is 2.34. The molecule has 0 heterocycles. The maximum Gasteiger partial charge on any atom is 0.441 e. The monoisotopic (exact) mass is 228 g/mol. The van der Waals surface area contributed by atoms with Crippen LogP contribution in [-0.2, 0) is 14.3 Å². The van der Waals surface area contributed by atoms with Gasteiger partial charge in [-0.2, -0.15) is 4.79 Å². The van der Waals surface area contributed by atoms with E-state index in [9.17, 15) is 9.59 Å². The van der Waals surface area contributed by atoms with Crippen LogP contribution in [0.15, 0.2) is 0 Å². The van der Waals surface area contributed by atoms with Crippen molar-refractivity contribution in [2.45, 2.75) is 45.8 Å². The highest BCUT2D eigenvalue weighted by Crippen LogP contribution is 2.07. The van der Waals surface area contributed by atoms with Crippen LogP contribution in [0.5, 0.6) is 0 Å². The number of esters is 1. The van der Waals surface area contributed by atoms with Crippen molar-refractivity contribution in [2.75, 3.05) is 0 Å². The van der Waals surface area contributed by atoms with E-state index in [0.29, 0.717) is 0 Å². The Morgan fingerprint density at radius 1 is 1.44 bits per heavy atom. The number of ketones is 1. The van der Waals surface area contributed by atoms with E-state index in [-0.39, 0.29) is 6.42 Å². The third-order valence-electron chi connectivity index (χ3n) is 1.44. The maximum absolute atomic E-state index is 11.4. The number of hydrogen-bond acceptors (Lipinski definition) is 4. The summed E-state index contributed by atoms with van der Waals surface area (Å²) < 4.78 is 4.86. The molecule has 90 valence electrons. The number of carbonyl (C=O) groups excluding carboxylic acids is 2. The summed E-state index contributed by atoms with van der Waals surface area (Å²) in [5.41, 5.74) is 7.08. The Labute approximate surface area is 93.8 Å². The molecule has 0 aliphatic carbocycles. The molecule has 0 aliphatic rings. The first kappa shape index (κ1) is 14.5. The molecule has 0 aromatic rings. The fourth-order valence-corrected chi connectivity index (χ4v) is 0.902. The molecule has 0 aromatic heterocycles. The van der Waals surface area contributed by atoms with Crippen LogP contribution < -0.4 is 0 Å². The molecule has 0 rings (SSSR count). The van der Waals surface area contributed by atoms with E-state index in [4.69, 9.17) is 15.4 Å². The lowest BCUT2D eigenvalue weighted by Gasteiger charge is -2.17. The largest absolute Gasteiger partial charge is 0.451 e. The van der Waals surface area contributed by atoms with Crippen molar-refractivity contribution < 1.29 is 24.2 Å². The van der Waals surface area contributed by atoms with Gasteiger partial charge >= 0.3 is 11.7 Å². The smallest absolute Gasteiger partial charge is 0.441 e. The molecule has 16 heavy (non-hydrogen) atoms. The predicted octanol–water partition coefficient (Wildman–Crippen LogP) is 0.339. The van der Waals surface area contributed by atoms with Gasteiger partial charge in [-0.25, -0.2) is 4.79 Å². The topological polar surface area (TPSA) is 100 Å². The van der Waals surface area contributed by atoms with Gasteiger partial charge < -0.3 is 15.4 Å². The van der Waals surface area contributed by atoms with Crippen LogP contribution in [0.3, 0.4) is 0 Å². The Hall–Kier alpha value is -1.52. The Kier molecular flexibility index (Phi) is 5.01. The number of nitrogens with zero attached hydrogens (tertiary/aromatic N) is 2. The molecule has 0 bridgehead atoms. The minimum Gasteiger partial charge on any atom is -0.451 e. The van der Waals surface area contributed by atoms with Gasteiger partial charge in [-0.3, -0.25) is 4.79 Å². The highest BCUT2D eigenvalue weighted by molar-refractivity contribution is 6.62. The summed E-state index contributed by atoms with van der Waals surface area (Å²) in [5.74, 6) is -1.76. The zero-order valence-electron chi connectivity index (χ0n) is 9.85. The average molecular weight is 228 g/mol. The molecule has 0 saturated heterocycles. The summed E-state index contributed by atoms with van der Waals surface area (Å²) in [7, 11) is 0. The average Bonchev–Trinajstić information content (AvgIpc) is 1.99. The summed E-state index contributed by atoms with van der Waals surface area (Å²) in [6.07, 6.45) is -1.20. The Balaban J connectivity index is 4.71. The van der Waals surface area contributed by atoms with Gasteiger partial charge in [-0.1, -0.05) is 0 Å². The molecular weight excluding hydrogens is 212 g/mol. The fourth-order valence-electron chi connectivity index (χ4n) is 0.902. The summed E-state index contributed by atoms with van der Waals surface area (Å²) in [4.78, 5) is 25.4. The molecule has 1 atom stereocenters.